The first-order valence-electron chi connectivity index (χ1n) is 7.21. The molecule has 1 aliphatic rings. The van der Waals surface area contributed by atoms with Crippen molar-refractivity contribution in [1.29, 1.82) is 5.26 Å². The summed E-state index contributed by atoms with van der Waals surface area (Å²) in [4.78, 5) is 0. The molecule has 0 aliphatic carbocycles. The average Bonchev–Trinajstić information content (AvgIpc) is 2.91. The molecule has 2 aromatic carbocycles. The van der Waals surface area contributed by atoms with Crippen LogP contribution >= 0.6 is 0 Å². The minimum absolute atomic E-state index is 0.209. The van der Waals surface area contributed by atoms with E-state index >= 15 is 0 Å². The second-order valence-electron chi connectivity index (χ2n) is 5.44. The lowest BCUT2D eigenvalue weighted by molar-refractivity contribution is 0.227. The van der Waals surface area contributed by atoms with Crippen molar-refractivity contribution in [1.82, 2.24) is 5.32 Å². The molecule has 0 radical (unpaired) electrons. The minimum Gasteiger partial charge on any atom is -0.488 e. The van der Waals surface area contributed by atoms with Gasteiger partial charge in [-0.05, 0) is 41.8 Å². The van der Waals surface area contributed by atoms with E-state index in [4.69, 9.17) is 10.00 Å². The van der Waals surface area contributed by atoms with Crippen LogP contribution < -0.4 is 10.1 Å². The van der Waals surface area contributed by atoms with Crippen molar-refractivity contribution in [3.63, 3.8) is 0 Å². The van der Waals surface area contributed by atoms with Crippen LogP contribution in [0.5, 0.6) is 5.75 Å². The Morgan fingerprint density at radius 1 is 1.29 bits per heavy atom. The van der Waals surface area contributed by atoms with Crippen LogP contribution in [0.3, 0.4) is 0 Å². The summed E-state index contributed by atoms with van der Waals surface area (Å²) in [6.07, 6.45) is 1.18. The lowest BCUT2D eigenvalue weighted by atomic mass is 10.1. The molecule has 0 fully saturated rings. The van der Waals surface area contributed by atoms with Gasteiger partial charge in [0.2, 0.25) is 0 Å². The molecule has 0 aromatic heterocycles. The summed E-state index contributed by atoms with van der Waals surface area (Å²) < 4.78 is 5.91. The van der Waals surface area contributed by atoms with Gasteiger partial charge in [0.1, 0.15) is 11.9 Å². The molecule has 21 heavy (non-hydrogen) atoms. The van der Waals surface area contributed by atoms with Gasteiger partial charge < -0.3 is 10.1 Å². The van der Waals surface area contributed by atoms with Crippen molar-refractivity contribution < 1.29 is 4.74 Å². The number of hydrogen-bond donors (Lipinski definition) is 1. The van der Waals surface area contributed by atoms with Gasteiger partial charge in [-0.15, -0.1) is 0 Å². The van der Waals surface area contributed by atoms with Crippen LogP contribution in [0.1, 0.15) is 22.3 Å². The highest BCUT2D eigenvalue weighted by Gasteiger charge is 2.21. The highest BCUT2D eigenvalue weighted by Crippen LogP contribution is 2.27. The number of aryl methyl sites for hydroxylation is 1. The van der Waals surface area contributed by atoms with Crippen LogP contribution in [0, 0.1) is 18.3 Å². The van der Waals surface area contributed by atoms with E-state index in [1.54, 1.807) is 0 Å². The highest BCUT2D eigenvalue weighted by molar-refractivity contribution is 5.38. The molecule has 0 saturated carbocycles. The Labute approximate surface area is 125 Å². The average molecular weight is 278 g/mol. The summed E-state index contributed by atoms with van der Waals surface area (Å²) in [7, 11) is 0. The molecule has 1 aliphatic heterocycles. The van der Waals surface area contributed by atoms with Gasteiger partial charge in [0.05, 0.1) is 11.6 Å². The number of hydrogen-bond acceptors (Lipinski definition) is 3. The molecular weight excluding hydrogens is 260 g/mol. The molecule has 2 aromatic rings. The van der Waals surface area contributed by atoms with Gasteiger partial charge in [-0.25, -0.2) is 0 Å². The first kappa shape index (κ1) is 13.7. The van der Waals surface area contributed by atoms with Crippen molar-refractivity contribution in [2.75, 3.05) is 6.54 Å². The molecule has 1 unspecified atom stereocenters. The SMILES string of the molecule is Cc1cc(C#N)ccc1CNCC1Cc2ccccc2O1. The molecule has 1 N–H and O–H groups in total. The van der Waals surface area contributed by atoms with Crippen LogP contribution in [0.25, 0.3) is 0 Å². The van der Waals surface area contributed by atoms with E-state index in [9.17, 15) is 0 Å². The zero-order valence-electron chi connectivity index (χ0n) is 12.1. The first-order chi connectivity index (χ1) is 10.3. The molecule has 1 heterocycles. The van der Waals surface area contributed by atoms with Gasteiger partial charge in [-0.3, -0.25) is 0 Å². The Morgan fingerprint density at radius 2 is 2.14 bits per heavy atom. The smallest absolute Gasteiger partial charge is 0.123 e. The molecule has 0 amide bonds. The lowest BCUT2D eigenvalue weighted by Gasteiger charge is -2.13. The molecule has 1 atom stereocenters. The van der Waals surface area contributed by atoms with E-state index in [1.807, 2.05) is 37.3 Å². The van der Waals surface area contributed by atoms with Crippen molar-refractivity contribution >= 4 is 0 Å². The monoisotopic (exact) mass is 278 g/mol. The molecule has 0 bridgehead atoms. The maximum atomic E-state index is 8.88. The summed E-state index contributed by atoms with van der Waals surface area (Å²) in [5, 5.41) is 12.3. The molecule has 3 rings (SSSR count). The van der Waals surface area contributed by atoms with E-state index in [0.29, 0.717) is 5.56 Å². The van der Waals surface area contributed by atoms with Gasteiger partial charge in [0.25, 0.3) is 0 Å². The number of benzene rings is 2. The van der Waals surface area contributed by atoms with Gasteiger partial charge >= 0.3 is 0 Å². The fraction of sp³-hybridized carbons (Fsp3) is 0.278. The van der Waals surface area contributed by atoms with Crippen LogP contribution in [-0.4, -0.2) is 12.6 Å². The van der Waals surface area contributed by atoms with E-state index in [2.05, 4.69) is 23.5 Å². The number of nitrogens with one attached hydrogen (secondary N) is 1. The van der Waals surface area contributed by atoms with E-state index in [1.165, 1.54) is 11.1 Å². The predicted octanol–water partition coefficient (Wildman–Crippen LogP) is 2.96. The Hall–Kier alpha value is -2.31. The Bertz CT molecular complexity index is 663. The zero-order chi connectivity index (χ0) is 14.7. The van der Waals surface area contributed by atoms with Crippen molar-refractivity contribution in [2.24, 2.45) is 0 Å². The minimum atomic E-state index is 0.209. The zero-order valence-corrected chi connectivity index (χ0v) is 12.1. The number of para-hydroxylation sites is 1. The van der Waals surface area contributed by atoms with Crippen molar-refractivity contribution in [3.05, 3.63) is 64.7 Å². The summed E-state index contributed by atoms with van der Waals surface area (Å²) in [5.74, 6) is 1.01. The van der Waals surface area contributed by atoms with Crippen LogP contribution in [0.2, 0.25) is 0 Å². The van der Waals surface area contributed by atoms with E-state index < -0.39 is 0 Å². The Balaban J connectivity index is 1.53. The molecule has 0 spiro atoms. The van der Waals surface area contributed by atoms with E-state index in [0.717, 1.165) is 30.8 Å². The second kappa shape index (κ2) is 5.99. The third-order valence-corrected chi connectivity index (χ3v) is 3.87. The summed E-state index contributed by atoms with van der Waals surface area (Å²) in [5.41, 5.74) is 4.38. The Morgan fingerprint density at radius 3 is 2.90 bits per heavy atom. The fourth-order valence-electron chi connectivity index (χ4n) is 2.70. The van der Waals surface area contributed by atoms with Crippen molar-refractivity contribution in [3.8, 4) is 11.8 Å². The highest BCUT2D eigenvalue weighted by atomic mass is 16.5. The van der Waals surface area contributed by atoms with E-state index in [-0.39, 0.29) is 6.10 Å². The largest absolute Gasteiger partial charge is 0.488 e. The fourth-order valence-corrected chi connectivity index (χ4v) is 2.70. The summed E-state index contributed by atoms with van der Waals surface area (Å²) in [6.45, 7) is 3.67. The first-order valence-corrected chi connectivity index (χ1v) is 7.21. The molecule has 3 heteroatoms. The molecular formula is C18H18N2O. The topological polar surface area (TPSA) is 45.0 Å². The number of nitriles is 1. The number of nitrogens with zero attached hydrogens (tertiary/aromatic N) is 1. The third kappa shape index (κ3) is 3.07. The lowest BCUT2D eigenvalue weighted by Crippen LogP contribution is -2.29. The normalized spacial score (nSPS) is 16.1. The van der Waals surface area contributed by atoms with Crippen LogP contribution in [0.15, 0.2) is 42.5 Å². The van der Waals surface area contributed by atoms with Gasteiger partial charge in [0.15, 0.2) is 0 Å². The van der Waals surface area contributed by atoms with Gasteiger partial charge in [0, 0.05) is 19.5 Å². The van der Waals surface area contributed by atoms with Gasteiger partial charge in [-0.1, -0.05) is 24.3 Å². The third-order valence-electron chi connectivity index (χ3n) is 3.87. The van der Waals surface area contributed by atoms with Crippen LogP contribution in [-0.2, 0) is 13.0 Å². The number of ether oxygens (including phenoxy) is 1. The van der Waals surface area contributed by atoms with Crippen LogP contribution in [0.4, 0.5) is 0 Å². The molecule has 3 nitrogen and oxygen atoms in total. The second-order valence-corrected chi connectivity index (χ2v) is 5.44. The molecule has 106 valence electrons. The quantitative estimate of drug-likeness (QED) is 0.935. The number of rotatable bonds is 4. The van der Waals surface area contributed by atoms with Crippen molar-refractivity contribution in [2.45, 2.75) is 26.0 Å². The summed E-state index contributed by atoms with van der Waals surface area (Å²) >= 11 is 0. The maximum Gasteiger partial charge on any atom is 0.123 e. The maximum absolute atomic E-state index is 8.88. The van der Waals surface area contributed by atoms with Gasteiger partial charge in [-0.2, -0.15) is 5.26 Å². The predicted molar refractivity (Wildman–Crippen MR) is 82.2 cm³/mol. The number of fused-ring (bicyclic) bond motifs is 1. The summed E-state index contributed by atoms with van der Waals surface area (Å²) in [6, 6.07) is 16.2. The Kier molecular flexibility index (Phi) is 3.89. The molecule has 0 saturated heterocycles. The standard InChI is InChI=1S/C18H18N2O/c1-13-8-14(10-19)6-7-16(13)11-20-12-17-9-15-4-2-3-5-18(15)21-17/h2-8,17,20H,9,11-12H2,1H3.